The number of hydrogen-bond acceptors (Lipinski definition) is 1. The van der Waals surface area contributed by atoms with Gasteiger partial charge < -0.3 is 4.74 Å². The Bertz CT molecular complexity index is 599. The van der Waals surface area contributed by atoms with Crippen molar-refractivity contribution in [3.63, 3.8) is 0 Å². The highest BCUT2D eigenvalue weighted by Gasteiger charge is 2.35. The molecule has 1 nitrogen and oxygen atoms in total. The van der Waals surface area contributed by atoms with Crippen LogP contribution in [0.1, 0.15) is 5.56 Å². The standard InChI is InChI=1S/C12H6F6O/c13-11(14,15)8-5-7-3-1-2-4-9(7)10(6-8)19-12(16,17)18/h1-6H. The molecule has 0 aliphatic rings. The van der Waals surface area contributed by atoms with E-state index in [1.807, 2.05) is 0 Å². The van der Waals surface area contributed by atoms with Gasteiger partial charge in [-0.3, -0.25) is 0 Å². The molecule has 0 spiro atoms. The maximum absolute atomic E-state index is 12.6. The molecule has 0 saturated heterocycles. The van der Waals surface area contributed by atoms with E-state index in [2.05, 4.69) is 4.74 Å². The molecule has 0 aliphatic heterocycles. The number of halogens is 6. The molecule has 0 atom stereocenters. The average molecular weight is 280 g/mol. The molecule has 0 fully saturated rings. The molecule has 0 saturated carbocycles. The maximum Gasteiger partial charge on any atom is 0.573 e. The molecule has 0 amide bonds. The summed E-state index contributed by atoms with van der Waals surface area (Å²) in [4.78, 5) is 0. The van der Waals surface area contributed by atoms with Crippen LogP contribution < -0.4 is 4.74 Å². The highest BCUT2D eigenvalue weighted by atomic mass is 19.4. The van der Waals surface area contributed by atoms with E-state index in [4.69, 9.17) is 0 Å². The monoisotopic (exact) mass is 280 g/mol. The summed E-state index contributed by atoms with van der Waals surface area (Å²) >= 11 is 0. The number of alkyl halides is 6. The van der Waals surface area contributed by atoms with Gasteiger partial charge in [-0.2, -0.15) is 13.2 Å². The van der Waals surface area contributed by atoms with Crippen molar-refractivity contribution in [2.45, 2.75) is 12.5 Å². The molecule has 19 heavy (non-hydrogen) atoms. The molecule has 0 bridgehead atoms. The predicted octanol–water partition coefficient (Wildman–Crippen LogP) is 4.76. The molecule has 0 N–H and O–H groups in total. The van der Waals surface area contributed by atoms with Crippen molar-refractivity contribution in [3.05, 3.63) is 42.0 Å². The van der Waals surface area contributed by atoms with Crippen molar-refractivity contribution in [1.82, 2.24) is 0 Å². The lowest BCUT2D eigenvalue weighted by Crippen LogP contribution is -2.18. The molecule has 0 radical (unpaired) electrons. The number of ether oxygens (including phenoxy) is 1. The minimum atomic E-state index is -5.05. The number of hydrogen-bond donors (Lipinski definition) is 0. The Kier molecular flexibility index (Phi) is 3.07. The van der Waals surface area contributed by atoms with Gasteiger partial charge in [0.2, 0.25) is 0 Å². The molecule has 0 heterocycles. The minimum Gasteiger partial charge on any atom is -0.405 e. The zero-order valence-electron chi connectivity index (χ0n) is 9.14. The van der Waals surface area contributed by atoms with Gasteiger partial charge in [-0.1, -0.05) is 24.3 Å². The second-order valence-electron chi connectivity index (χ2n) is 3.74. The Hall–Kier alpha value is -1.92. The number of fused-ring (bicyclic) bond motifs is 1. The lowest BCUT2D eigenvalue weighted by Gasteiger charge is -2.14. The third-order valence-corrected chi connectivity index (χ3v) is 2.38. The van der Waals surface area contributed by atoms with Crippen LogP contribution in [0.3, 0.4) is 0 Å². The highest BCUT2D eigenvalue weighted by molar-refractivity contribution is 5.89. The van der Waals surface area contributed by atoms with E-state index in [1.165, 1.54) is 24.3 Å². The Morgan fingerprint density at radius 1 is 0.842 bits per heavy atom. The van der Waals surface area contributed by atoms with Gasteiger partial charge >= 0.3 is 12.5 Å². The Morgan fingerprint density at radius 3 is 2.05 bits per heavy atom. The van der Waals surface area contributed by atoms with Gasteiger partial charge in [0.25, 0.3) is 0 Å². The summed E-state index contributed by atoms with van der Waals surface area (Å²) in [7, 11) is 0. The van der Waals surface area contributed by atoms with E-state index in [0.29, 0.717) is 6.07 Å². The SMILES string of the molecule is FC(F)(F)Oc1cc(C(F)(F)F)cc2ccccc12. The normalized spacial score (nSPS) is 12.7. The van der Waals surface area contributed by atoms with Crippen LogP contribution in [-0.2, 0) is 6.18 Å². The summed E-state index contributed by atoms with van der Waals surface area (Å²) in [5.74, 6) is -0.863. The van der Waals surface area contributed by atoms with Crippen LogP contribution in [-0.4, -0.2) is 6.36 Å². The summed E-state index contributed by atoms with van der Waals surface area (Å²) in [5.41, 5.74) is -1.19. The lowest BCUT2D eigenvalue weighted by atomic mass is 10.1. The van der Waals surface area contributed by atoms with E-state index in [-0.39, 0.29) is 10.8 Å². The molecule has 7 heteroatoms. The van der Waals surface area contributed by atoms with Gasteiger partial charge in [-0.05, 0) is 17.5 Å². The first-order chi connectivity index (χ1) is 8.67. The molecule has 102 valence electrons. The van der Waals surface area contributed by atoms with E-state index in [9.17, 15) is 26.3 Å². The van der Waals surface area contributed by atoms with Crippen molar-refractivity contribution in [2.75, 3.05) is 0 Å². The Morgan fingerprint density at radius 2 is 1.47 bits per heavy atom. The van der Waals surface area contributed by atoms with Gasteiger partial charge in [-0.25, -0.2) is 0 Å². The average Bonchev–Trinajstić information content (AvgIpc) is 2.25. The summed E-state index contributed by atoms with van der Waals surface area (Å²) in [6.45, 7) is 0. The molecule has 0 aliphatic carbocycles. The van der Waals surface area contributed by atoms with Gasteiger partial charge in [0.1, 0.15) is 5.75 Å². The number of benzene rings is 2. The van der Waals surface area contributed by atoms with Crippen LogP contribution in [0.5, 0.6) is 5.75 Å². The molecule has 2 aromatic carbocycles. The zero-order chi connectivity index (χ0) is 14.3. The Balaban J connectivity index is 2.65. The molecular weight excluding hydrogens is 274 g/mol. The van der Waals surface area contributed by atoms with E-state index >= 15 is 0 Å². The van der Waals surface area contributed by atoms with Crippen molar-refractivity contribution < 1.29 is 31.1 Å². The maximum atomic E-state index is 12.6. The van der Waals surface area contributed by atoms with Gasteiger partial charge in [0, 0.05) is 5.39 Å². The summed E-state index contributed by atoms with van der Waals surface area (Å²) in [6.07, 6.45) is -9.79. The van der Waals surface area contributed by atoms with Crippen molar-refractivity contribution in [1.29, 1.82) is 0 Å². The van der Waals surface area contributed by atoms with Crippen LogP contribution in [0.25, 0.3) is 10.8 Å². The van der Waals surface area contributed by atoms with Crippen LogP contribution >= 0.6 is 0 Å². The number of rotatable bonds is 1. The van der Waals surface area contributed by atoms with Crippen LogP contribution in [0, 0.1) is 0 Å². The van der Waals surface area contributed by atoms with Gasteiger partial charge in [0.05, 0.1) is 5.56 Å². The molecule has 0 aromatic heterocycles. The quantitative estimate of drug-likeness (QED) is 0.684. The fraction of sp³-hybridized carbons (Fsp3) is 0.167. The highest BCUT2D eigenvalue weighted by Crippen LogP contribution is 2.38. The van der Waals surface area contributed by atoms with Crippen molar-refractivity contribution in [2.24, 2.45) is 0 Å². The lowest BCUT2D eigenvalue weighted by molar-refractivity contribution is -0.274. The van der Waals surface area contributed by atoms with E-state index < -0.39 is 23.9 Å². The minimum absolute atomic E-state index is 0.0246. The molecule has 2 rings (SSSR count). The largest absolute Gasteiger partial charge is 0.573 e. The molecule has 2 aromatic rings. The first-order valence-electron chi connectivity index (χ1n) is 5.02. The fourth-order valence-electron chi connectivity index (χ4n) is 1.65. The van der Waals surface area contributed by atoms with Crippen molar-refractivity contribution in [3.8, 4) is 5.75 Å². The molecular formula is C12H6F6O. The fourth-order valence-corrected chi connectivity index (χ4v) is 1.65. The Labute approximate surface area is 103 Å². The summed E-state index contributed by atoms with van der Waals surface area (Å²) in [5, 5.41) is -0.00981. The van der Waals surface area contributed by atoms with E-state index in [0.717, 1.165) is 6.07 Å². The summed E-state index contributed by atoms with van der Waals surface area (Å²) < 4.78 is 78.0. The second kappa shape index (κ2) is 4.32. The third kappa shape index (κ3) is 3.10. The van der Waals surface area contributed by atoms with Crippen LogP contribution in [0.15, 0.2) is 36.4 Å². The molecule has 0 unspecified atom stereocenters. The van der Waals surface area contributed by atoms with E-state index in [1.54, 1.807) is 0 Å². The topological polar surface area (TPSA) is 9.23 Å². The predicted molar refractivity (Wildman–Crippen MR) is 55.6 cm³/mol. The first kappa shape index (κ1) is 13.5. The van der Waals surface area contributed by atoms with Crippen LogP contribution in [0.2, 0.25) is 0 Å². The van der Waals surface area contributed by atoms with Crippen molar-refractivity contribution >= 4 is 10.8 Å². The van der Waals surface area contributed by atoms with Crippen LogP contribution in [0.4, 0.5) is 26.3 Å². The third-order valence-electron chi connectivity index (χ3n) is 2.38. The smallest absolute Gasteiger partial charge is 0.405 e. The van der Waals surface area contributed by atoms with Gasteiger partial charge in [-0.15, -0.1) is 13.2 Å². The zero-order valence-corrected chi connectivity index (χ0v) is 9.14. The second-order valence-corrected chi connectivity index (χ2v) is 3.74. The summed E-state index contributed by atoms with van der Waals surface area (Å²) in [6, 6.07) is 6.51. The van der Waals surface area contributed by atoms with Gasteiger partial charge in [0.15, 0.2) is 0 Å². The first-order valence-corrected chi connectivity index (χ1v) is 5.02.